The van der Waals surface area contributed by atoms with Crippen LogP contribution in [-0.2, 0) is 4.79 Å². The van der Waals surface area contributed by atoms with Gasteiger partial charge < -0.3 is 9.67 Å². The number of carboxylic acids is 1. The van der Waals surface area contributed by atoms with Gasteiger partial charge >= 0.3 is 5.97 Å². The second kappa shape index (κ2) is 5.48. The molecule has 0 aliphatic heterocycles. The molecule has 0 fully saturated rings. The van der Waals surface area contributed by atoms with E-state index >= 15 is 0 Å². The van der Waals surface area contributed by atoms with Gasteiger partial charge in [0.2, 0.25) is 0 Å². The molecule has 0 saturated heterocycles. The first kappa shape index (κ1) is 14.1. The maximum atomic E-state index is 14.3. The maximum absolute atomic E-state index is 14.3. The lowest BCUT2D eigenvalue weighted by Gasteiger charge is -2.05. The van der Waals surface area contributed by atoms with E-state index in [0.717, 1.165) is 5.69 Å². The van der Waals surface area contributed by atoms with Gasteiger partial charge in [-0.15, -0.1) is 0 Å². The smallest absolute Gasteiger partial charge is 0.331 e. The van der Waals surface area contributed by atoms with Gasteiger partial charge in [0.05, 0.1) is 5.52 Å². The van der Waals surface area contributed by atoms with Crippen molar-refractivity contribution in [1.82, 2.24) is 4.57 Å². The molecule has 22 heavy (non-hydrogen) atoms. The summed E-state index contributed by atoms with van der Waals surface area (Å²) in [6.07, 6.45) is 3.32. The summed E-state index contributed by atoms with van der Waals surface area (Å²) in [4.78, 5) is 11.0. The first-order chi connectivity index (χ1) is 10.6. The summed E-state index contributed by atoms with van der Waals surface area (Å²) in [5.74, 6) is -1.33. The van der Waals surface area contributed by atoms with E-state index in [1.807, 2.05) is 30.3 Å². The van der Waals surface area contributed by atoms with Gasteiger partial charge in [-0.1, -0.05) is 30.3 Å². The van der Waals surface area contributed by atoms with Gasteiger partial charge in [-0.2, -0.15) is 0 Å². The highest BCUT2D eigenvalue weighted by Gasteiger charge is 2.13. The van der Waals surface area contributed by atoms with Crippen LogP contribution in [-0.4, -0.2) is 15.6 Å². The number of hydrogen-bond donors (Lipinski definition) is 1. The number of nitrogens with zero attached hydrogens (tertiary/aromatic N) is 1. The zero-order chi connectivity index (χ0) is 15.7. The monoisotopic (exact) mass is 295 g/mol. The van der Waals surface area contributed by atoms with Gasteiger partial charge in [0.25, 0.3) is 0 Å². The first-order valence-corrected chi connectivity index (χ1v) is 6.84. The summed E-state index contributed by atoms with van der Waals surface area (Å²) in [6.45, 7) is 1.52. The Morgan fingerprint density at radius 1 is 1.14 bits per heavy atom. The molecule has 3 rings (SSSR count). The van der Waals surface area contributed by atoms with Crippen LogP contribution < -0.4 is 0 Å². The molecule has 110 valence electrons. The number of para-hydroxylation sites is 2. The fourth-order valence-electron chi connectivity index (χ4n) is 2.47. The van der Waals surface area contributed by atoms with Crippen molar-refractivity contribution in [2.45, 2.75) is 6.92 Å². The number of aliphatic carboxylic acids is 1. The van der Waals surface area contributed by atoms with E-state index in [1.54, 1.807) is 29.0 Å². The summed E-state index contributed by atoms with van der Waals surface area (Å²) >= 11 is 0. The number of carbonyl (C=O) groups is 1. The molecule has 3 nitrogen and oxygen atoms in total. The van der Waals surface area contributed by atoms with Crippen molar-refractivity contribution < 1.29 is 14.3 Å². The number of hydrogen-bond acceptors (Lipinski definition) is 1. The van der Waals surface area contributed by atoms with Crippen LogP contribution in [0.5, 0.6) is 0 Å². The first-order valence-electron chi connectivity index (χ1n) is 6.84. The lowest BCUT2D eigenvalue weighted by molar-refractivity contribution is -0.132. The standard InChI is InChI=1S/C18H14FNO2/c1-12(18(21)22)10-13-11-20(14-6-3-2-4-7-14)17-15(13)8-5-9-16(17)19/h2-11H,1H3,(H,21,22)/b12-10+. The van der Waals surface area contributed by atoms with Gasteiger partial charge in [-0.05, 0) is 31.2 Å². The number of carboxylic acid groups (broad SMARTS) is 1. The number of fused-ring (bicyclic) bond motifs is 1. The van der Waals surface area contributed by atoms with Crippen molar-refractivity contribution in [3.8, 4) is 5.69 Å². The van der Waals surface area contributed by atoms with E-state index in [-0.39, 0.29) is 11.4 Å². The van der Waals surface area contributed by atoms with Crippen molar-refractivity contribution in [1.29, 1.82) is 0 Å². The van der Waals surface area contributed by atoms with Crippen LogP contribution in [0.1, 0.15) is 12.5 Å². The van der Waals surface area contributed by atoms with E-state index in [2.05, 4.69) is 0 Å². The van der Waals surface area contributed by atoms with Gasteiger partial charge in [0.15, 0.2) is 0 Å². The fourth-order valence-corrected chi connectivity index (χ4v) is 2.47. The largest absolute Gasteiger partial charge is 0.478 e. The molecule has 2 aromatic carbocycles. The second-order valence-electron chi connectivity index (χ2n) is 5.06. The fraction of sp³-hybridized carbons (Fsp3) is 0.0556. The van der Waals surface area contributed by atoms with E-state index in [0.29, 0.717) is 16.5 Å². The Balaban J connectivity index is 2.31. The zero-order valence-electron chi connectivity index (χ0n) is 12.0. The number of rotatable bonds is 3. The summed E-state index contributed by atoms with van der Waals surface area (Å²) in [5, 5.41) is 9.73. The zero-order valence-corrected chi connectivity index (χ0v) is 12.0. The molecule has 1 heterocycles. The van der Waals surface area contributed by atoms with Gasteiger partial charge in [-0.25, -0.2) is 9.18 Å². The Kier molecular flexibility index (Phi) is 3.51. The lowest BCUT2D eigenvalue weighted by atomic mass is 10.1. The number of benzene rings is 2. The molecule has 0 saturated carbocycles. The molecule has 0 atom stereocenters. The third-order valence-electron chi connectivity index (χ3n) is 3.55. The summed E-state index contributed by atoms with van der Waals surface area (Å²) in [6, 6.07) is 14.2. The van der Waals surface area contributed by atoms with Crippen molar-refractivity contribution in [3.63, 3.8) is 0 Å². The van der Waals surface area contributed by atoms with Crippen LogP contribution in [0.3, 0.4) is 0 Å². The molecule has 0 bridgehead atoms. The molecule has 0 aliphatic carbocycles. The van der Waals surface area contributed by atoms with E-state index in [1.165, 1.54) is 13.0 Å². The molecule has 0 aliphatic rings. The van der Waals surface area contributed by atoms with E-state index < -0.39 is 5.97 Å². The summed E-state index contributed by atoms with van der Waals surface area (Å²) < 4.78 is 16.0. The Morgan fingerprint density at radius 3 is 2.55 bits per heavy atom. The molecule has 0 unspecified atom stereocenters. The van der Waals surface area contributed by atoms with E-state index in [4.69, 9.17) is 5.11 Å². The quantitative estimate of drug-likeness (QED) is 0.734. The summed E-state index contributed by atoms with van der Waals surface area (Å²) in [7, 11) is 0. The SMILES string of the molecule is C/C(=C\c1cn(-c2ccccc2)c2c(F)cccc12)C(=O)O. The minimum Gasteiger partial charge on any atom is -0.478 e. The van der Waals surface area contributed by atoms with Crippen LogP contribution >= 0.6 is 0 Å². The topological polar surface area (TPSA) is 42.2 Å². The highest BCUT2D eigenvalue weighted by atomic mass is 19.1. The van der Waals surface area contributed by atoms with Crippen molar-refractivity contribution in [2.75, 3.05) is 0 Å². The Morgan fingerprint density at radius 2 is 1.86 bits per heavy atom. The predicted molar refractivity (Wildman–Crippen MR) is 84.5 cm³/mol. The van der Waals surface area contributed by atoms with Gasteiger partial charge in [0, 0.05) is 28.4 Å². The molecule has 1 N–H and O–H groups in total. The van der Waals surface area contributed by atoms with Gasteiger partial charge in [-0.3, -0.25) is 0 Å². The predicted octanol–water partition coefficient (Wildman–Crippen LogP) is 4.26. The molecule has 4 heteroatoms. The third kappa shape index (κ3) is 2.39. The second-order valence-corrected chi connectivity index (χ2v) is 5.06. The Labute approximate surface area is 126 Å². The minimum atomic E-state index is -0.989. The molecule has 0 spiro atoms. The molecular weight excluding hydrogens is 281 g/mol. The van der Waals surface area contributed by atoms with Crippen molar-refractivity contribution in [2.24, 2.45) is 0 Å². The Hall–Kier alpha value is -2.88. The Bertz CT molecular complexity index is 879. The highest BCUT2D eigenvalue weighted by molar-refractivity contribution is 5.97. The molecule has 1 aromatic heterocycles. The molecule has 0 amide bonds. The lowest BCUT2D eigenvalue weighted by Crippen LogP contribution is -1.95. The van der Waals surface area contributed by atoms with Crippen LogP contribution in [0.25, 0.3) is 22.7 Å². The van der Waals surface area contributed by atoms with Crippen molar-refractivity contribution in [3.05, 3.63) is 71.7 Å². The average Bonchev–Trinajstić information content (AvgIpc) is 2.88. The van der Waals surface area contributed by atoms with Crippen LogP contribution in [0.4, 0.5) is 4.39 Å². The van der Waals surface area contributed by atoms with Crippen molar-refractivity contribution >= 4 is 22.9 Å². The van der Waals surface area contributed by atoms with Crippen LogP contribution in [0.2, 0.25) is 0 Å². The van der Waals surface area contributed by atoms with Crippen LogP contribution in [0, 0.1) is 5.82 Å². The summed E-state index contributed by atoms with van der Waals surface area (Å²) in [5.41, 5.74) is 2.15. The van der Waals surface area contributed by atoms with Gasteiger partial charge in [0.1, 0.15) is 5.82 Å². The number of aromatic nitrogens is 1. The van der Waals surface area contributed by atoms with Crippen LogP contribution in [0.15, 0.2) is 60.3 Å². The number of halogens is 1. The molecule has 0 radical (unpaired) electrons. The maximum Gasteiger partial charge on any atom is 0.331 e. The minimum absolute atomic E-state index is 0.205. The van der Waals surface area contributed by atoms with E-state index in [9.17, 15) is 9.18 Å². The molecule has 3 aromatic rings. The highest BCUT2D eigenvalue weighted by Crippen LogP contribution is 2.28. The normalized spacial score (nSPS) is 11.8. The third-order valence-corrected chi connectivity index (χ3v) is 3.55. The average molecular weight is 295 g/mol. The molecular formula is C18H14FNO2.